The van der Waals surface area contributed by atoms with Crippen LogP contribution < -0.4 is 9.80 Å². The van der Waals surface area contributed by atoms with Gasteiger partial charge in [-0.25, -0.2) is 0 Å². The number of amides is 1. The van der Waals surface area contributed by atoms with Crippen molar-refractivity contribution in [2.45, 2.75) is 31.7 Å². The van der Waals surface area contributed by atoms with E-state index in [2.05, 4.69) is 29.6 Å². The molecule has 0 saturated heterocycles. The first-order valence-corrected chi connectivity index (χ1v) is 9.98. The molecule has 0 radical (unpaired) electrons. The molecule has 124 valence electrons. The van der Waals surface area contributed by atoms with E-state index in [4.69, 9.17) is 0 Å². The summed E-state index contributed by atoms with van der Waals surface area (Å²) in [5.41, 5.74) is 4.00. The molecule has 1 amide bonds. The Kier molecular flexibility index (Phi) is 3.49. The molecule has 2 aliphatic heterocycles. The topological polar surface area (TPSA) is 24.8 Å². The minimum Gasteiger partial charge on any atom is -0.320 e. The summed E-state index contributed by atoms with van der Waals surface area (Å²) in [6.07, 6.45) is 4.81. The standard InChI is InChI=1S/C20H22N2OS/c23-19(22-11-7-14-3-1-2-4-17(14)22)13-21-10-8-18-16(9-12-24-18)20(21)15-5-6-15/h1-4,9,12,15,20H,5-8,10-11,13H2/p+1/t20-/m0/s1. The summed E-state index contributed by atoms with van der Waals surface area (Å²) < 4.78 is 0. The van der Waals surface area contributed by atoms with Gasteiger partial charge in [-0.3, -0.25) is 4.79 Å². The van der Waals surface area contributed by atoms with Crippen LogP contribution in [-0.2, 0) is 17.6 Å². The molecule has 2 atom stereocenters. The first-order chi connectivity index (χ1) is 11.8. The van der Waals surface area contributed by atoms with Crippen molar-refractivity contribution in [3.8, 4) is 0 Å². The van der Waals surface area contributed by atoms with Gasteiger partial charge in [-0.15, -0.1) is 11.3 Å². The first-order valence-electron chi connectivity index (χ1n) is 9.10. The Balaban J connectivity index is 1.37. The zero-order chi connectivity index (χ0) is 16.1. The molecule has 0 bridgehead atoms. The molecule has 1 N–H and O–H groups in total. The lowest BCUT2D eigenvalue weighted by molar-refractivity contribution is -0.928. The van der Waals surface area contributed by atoms with E-state index in [1.807, 2.05) is 22.3 Å². The van der Waals surface area contributed by atoms with Gasteiger partial charge >= 0.3 is 0 Å². The molecule has 1 aromatic heterocycles. The molecular formula is C20H23N2OS+. The molecule has 1 fully saturated rings. The molecule has 3 nitrogen and oxygen atoms in total. The number of benzene rings is 1. The summed E-state index contributed by atoms with van der Waals surface area (Å²) in [7, 11) is 0. The van der Waals surface area contributed by atoms with Gasteiger partial charge in [0, 0.05) is 35.0 Å². The lowest BCUT2D eigenvalue weighted by Crippen LogP contribution is -3.14. The second-order valence-corrected chi connectivity index (χ2v) is 8.37. The van der Waals surface area contributed by atoms with Gasteiger partial charge in [-0.2, -0.15) is 0 Å². The van der Waals surface area contributed by atoms with Crippen LogP contribution in [0.5, 0.6) is 0 Å². The smallest absolute Gasteiger partial charge is 0.282 e. The zero-order valence-electron chi connectivity index (χ0n) is 13.8. The summed E-state index contributed by atoms with van der Waals surface area (Å²) >= 11 is 1.90. The van der Waals surface area contributed by atoms with Crippen LogP contribution in [-0.4, -0.2) is 25.5 Å². The molecule has 5 rings (SSSR count). The summed E-state index contributed by atoms with van der Waals surface area (Å²) in [5, 5.41) is 2.24. The van der Waals surface area contributed by atoms with E-state index in [-0.39, 0.29) is 0 Å². The predicted octanol–water partition coefficient (Wildman–Crippen LogP) is 2.23. The maximum absolute atomic E-state index is 13.0. The van der Waals surface area contributed by atoms with E-state index in [1.165, 1.54) is 23.3 Å². The fraction of sp³-hybridized carbons (Fsp3) is 0.450. The van der Waals surface area contributed by atoms with Gasteiger partial charge in [0.1, 0.15) is 6.04 Å². The Morgan fingerprint density at radius 1 is 1.21 bits per heavy atom. The van der Waals surface area contributed by atoms with Crippen LogP contribution in [0.25, 0.3) is 0 Å². The Hall–Kier alpha value is -1.65. The number of hydrogen-bond acceptors (Lipinski definition) is 2. The number of thiophene rings is 1. The quantitative estimate of drug-likeness (QED) is 0.911. The SMILES string of the molecule is O=C(C[NH+]1CCc2sccc2[C@@H]1C1CC1)N1CCc2ccccc21. The monoisotopic (exact) mass is 339 g/mol. The number of carbonyl (C=O) groups is 1. The van der Waals surface area contributed by atoms with E-state index in [1.54, 1.807) is 10.4 Å². The van der Waals surface area contributed by atoms with Crippen LogP contribution in [0.2, 0.25) is 0 Å². The molecule has 1 saturated carbocycles. The molecule has 1 aliphatic carbocycles. The van der Waals surface area contributed by atoms with Crippen molar-refractivity contribution < 1.29 is 9.69 Å². The van der Waals surface area contributed by atoms with Crippen LogP contribution in [0.15, 0.2) is 35.7 Å². The minimum atomic E-state index is 0.305. The summed E-state index contributed by atoms with van der Waals surface area (Å²) in [6, 6.07) is 11.2. The normalized spacial score (nSPS) is 25.4. The molecule has 2 aromatic rings. The molecule has 0 spiro atoms. The lowest BCUT2D eigenvalue weighted by Gasteiger charge is -2.33. The third-order valence-corrected chi connectivity index (χ3v) is 6.88. The van der Waals surface area contributed by atoms with Crippen molar-refractivity contribution in [1.29, 1.82) is 0 Å². The van der Waals surface area contributed by atoms with Gasteiger partial charge in [0.2, 0.25) is 0 Å². The van der Waals surface area contributed by atoms with Gasteiger partial charge in [0.05, 0.1) is 6.54 Å². The Morgan fingerprint density at radius 2 is 2.08 bits per heavy atom. The highest BCUT2D eigenvalue weighted by Crippen LogP contribution is 2.42. The third-order valence-electron chi connectivity index (χ3n) is 5.89. The molecule has 24 heavy (non-hydrogen) atoms. The van der Waals surface area contributed by atoms with Crippen molar-refractivity contribution in [2.75, 3.05) is 24.5 Å². The molecule has 1 unspecified atom stereocenters. The number of para-hydroxylation sites is 1. The van der Waals surface area contributed by atoms with Crippen molar-refractivity contribution in [3.05, 3.63) is 51.7 Å². The van der Waals surface area contributed by atoms with Crippen LogP contribution in [0.3, 0.4) is 0 Å². The average molecular weight is 339 g/mol. The summed E-state index contributed by atoms with van der Waals surface area (Å²) in [6.45, 7) is 2.60. The van der Waals surface area contributed by atoms with E-state index in [0.717, 1.165) is 37.5 Å². The highest BCUT2D eigenvalue weighted by molar-refractivity contribution is 7.10. The molecule has 4 heteroatoms. The molecule has 3 heterocycles. The van der Waals surface area contributed by atoms with Crippen LogP contribution >= 0.6 is 11.3 Å². The summed E-state index contributed by atoms with van der Waals surface area (Å²) in [5.74, 6) is 1.10. The predicted molar refractivity (Wildman–Crippen MR) is 96.7 cm³/mol. The average Bonchev–Trinajstić information content (AvgIpc) is 3.16. The number of nitrogens with one attached hydrogen (secondary N) is 1. The van der Waals surface area contributed by atoms with Gasteiger partial charge in [0.25, 0.3) is 5.91 Å². The minimum absolute atomic E-state index is 0.305. The van der Waals surface area contributed by atoms with Crippen molar-refractivity contribution >= 4 is 22.9 Å². The largest absolute Gasteiger partial charge is 0.320 e. The lowest BCUT2D eigenvalue weighted by atomic mass is 9.96. The fourth-order valence-electron chi connectivity index (χ4n) is 4.58. The maximum atomic E-state index is 13.0. The Labute approximate surface area is 146 Å². The molecule has 3 aliphatic rings. The van der Waals surface area contributed by atoms with Gasteiger partial charge in [-0.1, -0.05) is 18.2 Å². The van der Waals surface area contributed by atoms with Crippen LogP contribution in [0.4, 0.5) is 5.69 Å². The number of quaternary nitrogens is 1. The van der Waals surface area contributed by atoms with E-state index >= 15 is 0 Å². The maximum Gasteiger partial charge on any atom is 0.282 e. The van der Waals surface area contributed by atoms with Crippen LogP contribution in [0, 0.1) is 5.92 Å². The number of rotatable bonds is 3. The van der Waals surface area contributed by atoms with Crippen molar-refractivity contribution in [2.24, 2.45) is 5.92 Å². The number of fused-ring (bicyclic) bond motifs is 2. The Bertz CT molecular complexity index is 779. The van der Waals surface area contributed by atoms with Crippen LogP contribution in [0.1, 0.15) is 34.9 Å². The second kappa shape index (κ2) is 5.71. The third kappa shape index (κ3) is 2.40. The first kappa shape index (κ1) is 14.7. The van der Waals surface area contributed by atoms with Gasteiger partial charge in [0.15, 0.2) is 6.54 Å². The number of hydrogen-bond donors (Lipinski definition) is 1. The molecular weight excluding hydrogens is 316 g/mol. The fourth-order valence-corrected chi connectivity index (χ4v) is 5.51. The van der Waals surface area contributed by atoms with Gasteiger partial charge in [-0.05, 0) is 42.3 Å². The van der Waals surface area contributed by atoms with Crippen molar-refractivity contribution in [1.82, 2.24) is 0 Å². The second-order valence-electron chi connectivity index (χ2n) is 7.37. The van der Waals surface area contributed by atoms with Crippen molar-refractivity contribution in [3.63, 3.8) is 0 Å². The highest BCUT2D eigenvalue weighted by Gasteiger charge is 2.44. The Morgan fingerprint density at radius 3 is 2.96 bits per heavy atom. The molecule has 1 aromatic carbocycles. The van der Waals surface area contributed by atoms with E-state index in [9.17, 15) is 4.79 Å². The summed E-state index contributed by atoms with van der Waals surface area (Å²) in [4.78, 5) is 18.1. The number of anilines is 1. The van der Waals surface area contributed by atoms with E-state index < -0.39 is 0 Å². The van der Waals surface area contributed by atoms with Gasteiger partial charge < -0.3 is 9.80 Å². The zero-order valence-corrected chi connectivity index (χ0v) is 14.6. The highest BCUT2D eigenvalue weighted by atomic mass is 32.1. The number of nitrogens with zero attached hydrogens (tertiary/aromatic N) is 1. The van der Waals surface area contributed by atoms with E-state index in [0.29, 0.717) is 18.5 Å². The number of carbonyl (C=O) groups excluding carboxylic acids is 1.